The summed E-state index contributed by atoms with van der Waals surface area (Å²) in [5.41, 5.74) is 3.88. The summed E-state index contributed by atoms with van der Waals surface area (Å²) in [5.74, 6) is 0.986. The maximum atomic E-state index is 8.58. The number of furan rings is 1. The fourth-order valence-corrected chi connectivity index (χ4v) is 1.36. The van der Waals surface area contributed by atoms with Crippen molar-refractivity contribution < 1.29 is 9.25 Å². The number of nitriles is 1. The quantitative estimate of drug-likeness (QED) is 0.630. The van der Waals surface area contributed by atoms with Gasteiger partial charge in [0.05, 0.1) is 13.2 Å². The number of benzene rings is 1. The average Bonchev–Trinajstić information content (AvgIpc) is 2.84. The molecule has 1 N–H and O–H groups in total. The van der Waals surface area contributed by atoms with E-state index in [1.54, 1.807) is 12.1 Å². The first-order valence-electron chi connectivity index (χ1n) is 5.26. The van der Waals surface area contributed by atoms with Gasteiger partial charge in [0.2, 0.25) is 5.76 Å². The normalized spacial score (nSPS) is 10.1. The molecular formula is C13H12N2O2. The summed E-state index contributed by atoms with van der Waals surface area (Å²) in [7, 11) is 0. The number of nitrogens with zero attached hydrogens (tertiary/aromatic N) is 1. The minimum atomic E-state index is 0.310. The molecule has 4 nitrogen and oxygen atoms in total. The molecule has 0 spiro atoms. The van der Waals surface area contributed by atoms with Crippen LogP contribution in [0.4, 0.5) is 0 Å². The summed E-state index contributed by atoms with van der Waals surface area (Å²) in [4.78, 5) is 5.27. The fourth-order valence-electron chi connectivity index (χ4n) is 1.36. The van der Waals surface area contributed by atoms with E-state index < -0.39 is 0 Å². The summed E-state index contributed by atoms with van der Waals surface area (Å²) in [6, 6.07) is 15.2. The van der Waals surface area contributed by atoms with Crippen LogP contribution in [0.3, 0.4) is 0 Å². The zero-order chi connectivity index (χ0) is 11.9. The molecule has 0 unspecified atom stereocenters. The van der Waals surface area contributed by atoms with Gasteiger partial charge in [0.1, 0.15) is 11.8 Å². The number of hydrogen-bond donors (Lipinski definition) is 1. The summed E-state index contributed by atoms with van der Waals surface area (Å²) in [5, 5.41) is 8.58. The first-order valence-corrected chi connectivity index (χ1v) is 5.26. The Morgan fingerprint density at radius 3 is 2.71 bits per heavy atom. The number of nitrogens with one attached hydrogen (secondary N) is 1. The number of rotatable bonds is 5. The molecule has 2 aromatic rings. The van der Waals surface area contributed by atoms with E-state index in [4.69, 9.17) is 14.5 Å². The maximum absolute atomic E-state index is 8.58. The van der Waals surface area contributed by atoms with Crippen molar-refractivity contribution in [1.29, 1.82) is 5.26 Å². The van der Waals surface area contributed by atoms with Gasteiger partial charge >= 0.3 is 0 Å². The molecule has 0 saturated carbocycles. The summed E-state index contributed by atoms with van der Waals surface area (Å²) in [6.07, 6.45) is 0. The number of hydroxylamine groups is 1. The molecule has 1 aromatic heterocycles. The van der Waals surface area contributed by atoms with E-state index in [-0.39, 0.29) is 0 Å². The van der Waals surface area contributed by atoms with Crippen molar-refractivity contribution in [1.82, 2.24) is 5.48 Å². The Labute approximate surface area is 99.4 Å². The van der Waals surface area contributed by atoms with E-state index in [0.29, 0.717) is 24.7 Å². The van der Waals surface area contributed by atoms with Gasteiger partial charge in [0.15, 0.2) is 0 Å². The minimum Gasteiger partial charge on any atom is -0.449 e. The molecule has 0 bridgehead atoms. The summed E-state index contributed by atoms with van der Waals surface area (Å²) in [6.45, 7) is 0.932. The highest BCUT2D eigenvalue weighted by Gasteiger charge is 2.00. The van der Waals surface area contributed by atoms with E-state index in [1.165, 1.54) is 0 Å². The van der Waals surface area contributed by atoms with Gasteiger partial charge in [-0.15, -0.1) is 0 Å². The predicted molar refractivity (Wildman–Crippen MR) is 61.5 cm³/mol. The van der Waals surface area contributed by atoms with Crippen LogP contribution >= 0.6 is 0 Å². The van der Waals surface area contributed by atoms with Gasteiger partial charge in [-0.3, -0.25) is 4.84 Å². The van der Waals surface area contributed by atoms with Gasteiger partial charge in [-0.25, -0.2) is 0 Å². The molecular weight excluding hydrogens is 216 g/mol. The van der Waals surface area contributed by atoms with Crippen molar-refractivity contribution in [3.8, 4) is 6.07 Å². The third kappa shape index (κ3) is 3.45. The van der Waals surface area contributed by atoms with E-state index in [9.17, 15) is 0 Å². The van der Waals surface area contributed by atoms with E-state index >= 15 is 0 Å². The Kier molecular flexibility index (Phi) is 3.92. The van der Waals surface area contributed by atoms with Crippen LogP contribution in [0.15, 0.2) is 46.9 Å². The van der Waals surface area contributed by atoms with Crippen LogP contribution < -0.4 is 5.48 Å². The molecule has 0 fully saturated rings. The molecule has 86 valence electrons. The van der Waals surface area contributed by atoms with Crippen LogP contribution in [0.5, 0.6) is 0 Å². The monoisotopic (exact) mass is 228 g/mol. The van der Waals surface area contributed by atoms with Crippen molar-refractivity contribution in [3.05, 3.63) is 59.5 Å². The lowest BCUT2D eigenvalue weighted by molar-refractivity contribution is 0.0201. The van der Waals surface area contributed by atoms with Gasteiger partial charge in [-0.05, 0) is 17.7 Å². The molecule has 0 aliphatic heterocycles. The molecule has 0 atom stereocenters. The van der Waals surface area contributed by atoms with Gasteiger partial charge < -0.3 is 4.42 Å². The van der Waals surface area contributed by atoms with E-state index in [0.717, 1.165) is 5.56 Å². The molecule has 0 amide bonds. The highest BCUT2D eigenvalue weighted by Crippen LogP contribution is 2.06. The minimum absolute atomic E-state index is 0.310. The molecule has 1 heterocycles. The molecule has 1 aromatic carbocycles. The lowest BCUT2D eigenvalue weighted by Gasteiger charge is -2.03. The Morgan fingerprint density at radius 2 is 2.00 bits per heavy atom. The first-order chi connectivity index (χ1) is 8.38. The second-order valence-corrected chi connectivity index (χ2v) is 3.47. The SMILES string of the molecule is N#Cc1ccc(CNOCc2ccccc2)o1. The molecule has 17 heavy (non-hydrogen) atoms. The Hall–Kier alpha value is -2.09. The Bertz CT molecular complexity index is 500. The third-order valence-corrected chi connectivity index (χ3v) is 2.20. The molecule has 0 aliphatic rings. The van der Waals surface area contributed by atoms with Gasteiger partial charge in [0.25, 0.3) is 0 Å². The van der Waals surface area contributed by atoms with Crippen molar-refractivity contribution in [2.45, 2.75) is 13.2 Å². The third-order valence-electron chi connectivity index (χ3n) is 2.20. The summed E-state index contributed by atoms with van der Waals surface area (Å²) >= 11 is 0. The molecule has 2 rings (SSSR count). The summed E-state index contributed by atoms with van der Waals surface area (Å²) < 4.78 is 5.18. The maximum Gasteiger partial charge on any atom is 0.203 e. The second kappa shape index (κ2) is 5.85. The van der Waals surface area contributed by atoms with E-state index in [1.807, 2.05) is 36.4 Å². The molecule has 0 radical (unpaired) electrons. The van der Waals surface area contributed by atoms with Crippen molar-refractivity contribution in [2.75, 3.05) is 0 Å². The van der Waals surface area contributed by atoms with E-state index in [2.05, 4.69) is 5.48 Å². The van der Waals surface area contributed by atoms with Gasteiger partial charge in [0, 0.05) is 0 Å². The smallest absolute Gasteiger partial charge is 0.203 e. The van der Waals surface area contributed by atoms with Crippen LogP contribution in [0.25, 0.3) is 0 Å². The second-order valence-electron chi connectivity index (χ2n) is 3.47. The first kappa shape index (κ1) is 11.4. The fraction of sp³-hybridized carbons (Fsp3) is 0.154. The Morgan fingerprint density at radius 1 is 1.18 bits per heavy atom. The largest absolute Gasteiger partial charge is 0.449 e. The highest BCUT2D eigenvalue weighted by atomic mass is 16.6. The van der Waals surface area contributed by atoms with Crippen LogP contribution in [0.1, 0.15) is 17.1 Å². The molecule has 0 aliphatic carbocycles. The predicted octanol–water partition coefficient (Wildman–Crippen LogP) is 2.37. The zero-order valence-corrected chi connectivity index (χ0v) is 9.22. The average molecular weight is 228 g/mol. The van der Waals surface area contributed by atoms with Crippen LogP contribution in [0.2, 0.25) is 0 Å². The van der Waals surface area contributed by atoms with Crippen molar-refractivity contribution >= 4 is 0 Å². The number of hydrogen-bond acceptors (Lipinski definition) is 4. The van der Waals surface area contributed by atoms with Crippen LogP contribution in [-0.4, -0.2) is 0 Å². The topological polar surface area (TPSA) is 58.2 Å². The standard InChI is InChI=1S/C13H12N2O2/c14-8-12-6-7-13(17-12)9-15-16-10-11-4-2-1-3-5-11/h1-7,15H,9-10H2. The van der Waals surface area contributed by atoms with Crippen LogP contribution in [-0.2, 0) is 18.0 Å². The van der Waals surface area contributed by atoms with Crippen LogP contribution in [0, 0.1) is 11.3 Å². The highest BCUT2D eigenvalue weighted by molar-refractivity contribution is 5.18. The zero-order valence-electron chi connectivity index (χ0n) is 9.22. The lowest BCUT2D eigenvalue weighted by atomic mass is 10.2. The van der Waals surface area contributed by atoms with Gasteiger partial charge in [-0.1, -0.05) is 30.3 Å². The molecule has 0 saturated heterocycles. The lowest BCUT2D eigenvalue weighted by Crippen LogP contribution is -2.13. The van der Waals surface area contributed by atoms with Gasteiger partial charge in [-0.2, -0.15) is 10.7 Å². The Balaban J connectivity index is 1.72. The molecule has 4 heteroatoms. The van der Waals surface area contributed by atoms with Crippen molar-refractivity contribution in [3.63, 3.8) is 0 Å². The van der Waals surface area contributed by atoms with Crippen molar-refractivity contribution in [2.24, 2.45) is 0 Å².